The van der Waals surface area contributed by atoms with Crippen molar-refractivity contribution in [3.05, 3.63) is 16.4 Å². The number of ether oxygens (including phenoxy) is 1. The highest BCUT2D eigenvalue weighted by Gasteiger charge is 2.42. The maximum atomic E-state index is 6.50. The summed E-state index contributed by atoms with van der Waals surface area (Å²) >= 11 is 6.50. The highest BCUT2D eigenvalue weighted by Crippen LogP contribution is 2.39. The summed E-state index contributed by atoms with van der Waals surface area (Å²) in [7, 11) is 0. The van der Waals surface area contributed by atoms with Crippen LogP contribution in [0.2, 0.25) is 5.02 Å². The molecule has 0 radical (unpaired) electrons. The molecule has 1 saturated heterocycles. The molecule has 0 saturated carbocycles. The highest BCUT2D eigenvalue weighted by atomic mass is 35.5. The molecule has 120 valence electrons. The zero-order chi connectivity index (χ0) is 15.6. The summed E-state index contributed by atoms with van der Waals surface area (Å²) in [5.41, 5.74) is 2.18. The van der Waals surface area contributed by atoms with Gasteiger partial charge in [-0.25, -0.2) is 0 Å². The molecule has 2 rings (SSSR count). The Bertz CT molecular complexity index is 486. The molecule has 0 spiro atoms. The van der Waals surface area contributed by atoms with Gasteiger partial charge in [-0.3, -0.25) is 4.68 Å². The summed E-state index contributed by atoms with van der Waals surface area (Å²) in [6, 6.07) is 0.475. The molecule has 2 atom stereocenters. The number of hydrogen-bond acceptors (Lipinski definition) is 3. The van der Waals surface area contributed by atoms with E-state index in [0.29, 0.717) is 6.04 Å². The van der Waals surface area contributed by atoms with Crippen LogP contribution in [0.3, 0.4) is 0 Å². The minimum absolute atomic E-state index is 0.104. The number of aryl methyl sites for hydroxylation is 2. The number of aromatic nitrogens is 2. The largest absolute Gasteiger partial charge is 0.378 e. The Labute approximate surface area is 133 Å². The first-order valence-electron chi connectivity index (χ1n) is 7.96. The number of nitrogens with zero attached hydrogens (tertiary/aromatic N) is 2. The van der Waals surface area contributed by atoms with Gasteiger partial charge in [-0.05, 0) is 27.2 Å². The van der Waals surface area contributed by atoms with Gasteiger partial charge in [-0.2, -0.15) is 5.10 Å². The summed E-state index contributed by atoms with van der Waals surface area (Å²) in [4.78, 5) is 0. The van der Waals surface area contributed by atoms with Crippen LogP contribution in [0.5, 0.6) is 0 Å². The maximum Gasteiger partial charge on any atom is 0.0847 e. The molecule has 1 fully saturated rings. The fourth-order valence-corrected chi connectivity index (χ4v) is 3.33. The second-order valence-electron chi connectivity index (χ2n) is 6.50. The standard InChI is InChI=1S/C16H28ClN3O/c1-6-20-14(15(17)12(4)19-20)9-16(10-18-11(2)3)7-8-21-13(16)5/h11,13,18H,6-10H2,1-5H3. The van der Waals surface area contributed by atoms with Gasteiger partial charge in [0.05, 0.1) is 22.5 Å². The van der Waals surface area contributed by atoms with Crippen molar-refractivity contribution >= 4 is 11.6 Å². The second kappa shape index (κ2) is 6.67. The van der Waals surface area contributed by atoms with Crippen LogP contribution in [0.4, 0.5) is 0 Å². The molecule has 0 aromatic carbocycles. The SMILES string of the molecule is CCn1nc(C)c(Cl)c1CC1(CNC(C)C)CCOC1C. The monoisotopic (exact) mass is 313 g/mol. The van der Waals surface area contributed by atoms with Crippen LogP contribution in [0.25, 0.3) is 0 Å². The molecule has 1 aromatic rings. The normalized spacial score (nSPS) is 26.0. The lowest BCUT2D eigenvalue weighted by atomic mass is 9.77. The van der Waals surface area contributed by atoms with Crippen LogP contribution in [0.15, 0.2) is 0 Å². The third-order valence-corrected chi connectivity index (χ3v) is 5.16. The van der Waals surface area contributed by atoms with Gasteiger partial charge in [0.15, 0.2) is 0 Å². The molecule has 2 unspecified atom stereocenters. The van der Waals surface area contributed by atoms with Gasteiger partial charge in [0, 0.05) is 37.6 Å². The van der Waals surface area contributed by atoms with Crippen molar-refractivity contribution in [2.75, 3.05) is 13.2 Å². The molecule has 21 heavy (non-hydrogen) atoms. The van der Waals surface area contributed by atoms with Crippen molar-refractivity contribution in [2.45, 2.75) is 66.2 Å². The Morgan fingerprint density at radius 2 is 2.24 bits per heavy atom. The van der Waals surface area contributed by atoms with Crippen molar-refractivity contribution < 1.29 is 4.74 Å². The van der Waals surface area contributed by atoms with E-state index in [-0.39, 0.29) is 11.5 Å². The molecule has 5 heteroatoms. The van der Waals surface area contributed by atoms with Gasteiger partial charge in [0.25, 0.3) is 0 Å². The van der Waals surface area contributed by atoms with E-state index in [4.69, 9.17) is 16.3 Å². The van der Waals surface area contributed by atoms with Crippen molar-refractivity contribution in [3.63, 3.8) is 0 Å². The second-order valence-corrected chi connectivity index (χ2v) is 6.88. The summed E-state index contributed by atoms with van der Waals surface area (Å²) in [5.74, 6) is 0. The minimum atomic E-state index is 0.104. The number of nitrogens with one attached hydrogen (secondary N) is 1. The molecule has 1 N–H and O–H groups in total. The van der Waals surface area contributed by atoms with Gasteiger partial charge in [-0.15, -0.1) is 0 Å². The molecule has 0 bridgehead atoms. The first-order chi connectivity index (χ1) is 9.89. The average molecular weight is 314 g/mol. The smallest absolute Gasteiger partial charge is 0.0847 e. The molecule has 1 aromatic heterocycles. The number of halogens is 1. The third kappa shape index (κ3) is 3.43. The van der Waals surface area contributed by atoms with Crippen LogP contribution in [0, 0.1) is 12.3 Å². The van der Waals surface area contributed by atoms with E-state index in [2.05, 4.69) is 38.1 Å². The van der Waals surface area contributed by atoms with E-state index in [9.17, 15) is 0 Å². The van der Waals surface area contributed by atoms with Crippen LogP contribution >= 0.6 is 11.6 Å². The van der Waals surface area contributed by atoms with Crippen LogP contribution in [-0.2, 0) is 17.7 Å². The summed E-state index contributed by atoms with van der Waals surface area (Å²) in [6.45, 7) is 13.3. The van der Waals surface area contributed by atoms with E-state index >= 15 is 0 Å². The molecule has 1 aliphatic rings. The molecule has 4 nitrogen and oxygen atoms in total. The molecular formula is C16H28ClN3O. The summed E-state index contributed by atoms with van der Waals surface area (Å²) in [6.07, 6.45) is 2.22. The average Bonchev–Trinajstić information content (AvgIpc) is 2.92. The first kappa shape index (κ1) is 16.8. The van der Waals surface area contributed by atoms with Crippen LogP contribution < -0.4 is 5.32 Å². The van der Waals surface area contributed by atoms with Gasteiger partial charge >= 0.3 is 0 Å². The molecule has 2 heterocycles. The fraction of sp³-hybridized carbons (Fsp3) is 0.812. The molecule has 1 aliphatic heterocycles. The van der Waals surface area contributed by atoms with E-state index < -0.39 is 0 Å². The first-order valence-corrected chi connectivity index (χ1v) is 8.34. The Morgan fingerprint density at radius 1 is 1.52 bits per heavy atom. The Morgan fingerprint density at radius 3 is 2.76 bits per heavy atom. The molecule has 0 amide bonds. The van der Waals surface area contributed by atoms with E-state index in [1.54, 1.807) is 0 Å². The maximum absolute atomic E-state index is 6.50. The zero-order valence-electron chi connectivity index (χ0n) is 13.9. The number of rotatable bonds is 6. The topological polar surface area (TPSA) is 39.1 Å². The quantitative estimate of drug-likeness (QED) is 0.876. The lowest BCUT2D eigenvalue weighted by molar-refractivity contribution is 0.0610. The highest BCUT2D eigenvalue weighted by molar-refractivity contribution is 6.31. The third-order valence-electron chi connectivity index (χ3n) is 4.66. The minimum Gasteiger partial charge on any atom is -0.378 e. The van der Waals surface area contributed by atoms with Gasteiger partial charge in [-0.1, -0.05) is 25.4 Å². The van der Waals surface area contributed by atoms with Crippen molar-refractivity contribution in [1.82, 2.24) is 15.1 Å². The van der Waals surface area contributed by atoms with Crippen molar-refractivity contribution in [3.8, 4) is 0 Å². The van der Waals surface area contributed by atoms with E-state index in [1.165, 1.54) is 0 Å². The van der Waals surface area contributed by atoms with Gasteiger partial charge in [0.2, 0.25) is 0 Å². The van der Waals surface area contributed by atoms with Crippen molar-refractivity contribution in [2.24, 2.45) is 5.41 Å². The lowest BCUT2D eigenvalue weighted by Crippen LogP contribution is -2.43. The Hall–Kier alpha value is -0.580. The van der Waals surface area contributed by atoms with E-state index in [1.807, 2.05) is 11.6 Å². The fourth-order valence-electron chi connectivity index (χ4n) is 3.12. The summed E-state index contributed by atoms with van der Waals surface area (Å²) < 4.78 is 7.92. The lowest BCUT2D eigenvalue weighted by Gasteiger charge is -2.33. The predicted molar refractivity (Wildman–Crippen MR) is 87.0 cm³/mol. The number of hydrogen-bond donors (Lipinski definition) is 1. The van der Waals surface area contributed by atoms with Crippen LogP contribution in [0.1, 0.15) is 45.5 Å². The zero-order valence-corrected chi connectivity index (χ0v) is 14.6. The Kier molecular flexibility index (Phi) is 5.33. The predicted octanol–water partition coefficient (Wildman–Crippen LogP) is 3.20. The molecular weight excluding hydrogens is 286 g/mol. The van der Waals surface area contributed by atoms with Crippen LogP contribution in [-0.4, -0.2) is 35.1 Å². The summed E-state index contributed by atoms with van der Waals surface area (Å²) in [5, 5.41) is 8.95. The van der Waals surface area contributed by atoms with Gasteiger partial charge in [0.1, 0.15) is 0 Å². The van der Waals surface area contributed by atoms with Crippen molar-refractivity contribution in [1.29, 1.82) is 0 Å². The van der Waals surface area contributed by atoms with E-state index in [0.717, 1.165) is 48.9 Å². The van der Waals surface area contributed by atoms with Gasteiger partial charge < -0.3 is 10.1 Å². The molecule has 0 aliphatic carbocycles. The Balaban J connectivity index is 2.27.